The minimum Gasteiger partial charge on any atom is -0.422 e. The first-order valence-electron chi connectivity index (χ1n) is 4.96. The maximum atomic E-state index is 11.7. The SMILES string of the molecule is Cc1cc(=O)oc2c(C(=O)CCl)c(N)ccc12. The number of fused-ring (bicyclic) bond motifs is 1. The number of Topliss-reactive ketones (excluding diaryl/α,β-unsaturated/α-hetero) is 1. The van der Waals surface area contributed by atoms with Crippen LogP contribution < -0.4 is 11.4 Å². The van der Waals surface area contributed by atoms with Gasteiger partial charge in [-0.05, 0) is 24.6 Å². The first kappa shape index (κ1) is 11.7. The molecular formula is C12H10ClNO3. The van der Waals surface area contributed by atoms with Crippen LogP contribution in [0.4, 0.5) is 5.69 Å². The van der Waals surface area contributed by atoms with E-state index in [-0.39, 0.29) is 28.5 Å². The fraction of sp³-hybridized carbons (Fsp3) is 0.167. The monoisotopic (exact) mass is 251 g/mol. The lowest BCUT2D eigenvalue weighted by atomic mass is 10.0. The van der Waals surface area contributed by atoms with Crippen LogP contribution in [-0.2, 0) is 0 Å². The zero-order chi connectivity index (χ0) is 12.6. The molecule has 5 heteroatoms. The molecule has 0 saturated heterocycles. The molecule has 0 bridgehead atoms. The zero-order valence-electron chi connectivity index (χ0n) is 9.12. The van der Waals surface area contributed by atoms with Crippen LogP contribution in [0.15, 0.2) is 27.4 Å². The minimum absolute atomic E-state index is 0.179. The predicted molar refractivity (Wildman–Crippen MR) is 66.7 cm³/mol. The number of carbonyl (C=O) groups excluding carboxylic acids is 1. The lowest BCUT2D eigenvalue weighted by molar-refractivity contribution is 0.102. The van der Waals surface area contributed by atoms with Crippen molar-refractivity contribution in [2.75, 3.05) is 11.6 Å². The fourth-order valence-corrected chi connectivity index (χ4v) is 1.89. The number of benzene rings is 1. The number of carbonyl (C=O) groups is 1. The van der Waals surface area contributed by atoms with E-state index in [9.17, 15) is 9.59 Å². The summed E-state index contributed by atoms with van der Waals surface area (Å²) in [6.07, 6.45) is 0. The summed E-state index contributed by atoms with van der Waals surface area (Å²) in [4.78, 5) is 23.0. The van der Waals surface area contributed by atoms with Crippen molar-refractivity contribution >= 4 is 34.0 Å². The number of aryl methyl sites for hydroxylation is 1. The van der Waals surface area contributed by atoms with Gasteiger partial charge in [-0.25, -0.2) is 4.79 Å². The molecule has 1 heterocycles. The van der Waals surface area contributed by atoms with E-state index >= 15 is 0 Å². The average molecular weight is 252 g/mol. The van der Waals surface area contributed by atoms with Crippen LogP contribution in [0, 0.1) is 6.92 Å². The lowest BCUT2D eigenvalue weighted by Crippen LogP contribution is -2.08. The van der Waals surface area contributed by atoms with E-state index in [0.717, 1.165) is 5.56 Å². The van der Waals surface area contributed by atoms with Crippen LogP contribution in [0.2, 0.25) is 0 Å². The molecule has 0 unspecified atom stereocenters. The van der Waals surface area contributed by atoms with Gasteiger partial charge in [0.15, 0.2) is 11.4 Å². The van der Waals surface area contributed by atoms with Gasteiger partial charge in [0.25, 0.3) is 0 Å². The topological polar surface area (TPSA) is 73.3 Å². The molecule has 0 aliphatic heterocycles. The number of anilines is 1. The molecule has 4 nitrogen and oxygen atoms in total. The number of ketones is 1. The van der Waals surface area contributed by atoms with Crippen molar-refractivity contribution in [1.82, 2.24) is 0 Å². The van der Waals surface area contributed by atoms with E-state index in [0.29, 0.717) is 5.39 Å². The summed E-state index contributed by atoms with van der Waals surface area (Å²) in [5.41, 5.74) is 6.60. The first-order chi connectivity index (χ1) is 8.04. The van der Waals surface area contributed by atoms with Crippen molar-refractivity contribution < 1.29 is 9.21 Å². The molecule has 0 amide bonds. The molecule has 88 valence electrons. The Morgan fingerprint density at radius 3 is 2.82 bits per heavy atom. The van der Waals surface area contributed by atoms with Crippen molar-refractivity contribution in [1.29, 1.82) is 0 Å². The highest BCUT2D eigenvalue weighted by atomic mass is 35.5. The van der Waals surface area contributed by atoms with Gasteiger partial charge in [-0.1, -0.05) is 0 Å². The number of alkyl halides is 1. The summed E-state index contributed by atoms with van der Waals surface area (Å²) in [7, 11) is 0. The van der Waals surface area contributed by atoms with Gasteiger partial charge < -0.3 is 10.2 Å². The Labute approximate surface area is 102 Å². The molecule has 0 aliphatic carbocycles. The molecule has 2 N–H and O–H groups in total. The summed E-state index contributed by atoms with van der Waals surface area (Å²) in [5.74, 6) is -0.565. The molecular weight excluding hydrogens is 242 g/mol. The highest BCUT2D eigenvalue weighted by molar-refractivity contribution is 6.32. The standard InChI is InChI=1S/C12H10ClNO3/c1-6-4-10(16)17-12-7(6)2-3-8(14)11(12)9(15)5-13/h2-4H,5,14H2,1H3. The molecule has 1 aromatic heterocycles. The molecule has 17 heavy (non-hydrogen) atoms. The van der Waals surface area contributed by atoms with E-state index in [1.807, 2.05) is 0 Å². The van der Waals surface area contributed by atoms with Crippen LogP contribution in [0.3, 0.4) is 0 Å². The zero-order valence-corrected chi connectivity index (χ0v) is 9.88. The minimum atomic E-state index is -0.510. The predicted octanol–water partition coefficient (Wildman–Crippen LogP) is 2.11. The van der Waals surface area contributed by atoms with Gasteiger partial charge in [-0.3, -0.25) is 4.79 Å². The van der Waals surface area contributed by atoms with Gasteiger partial charge in [0.05, 0.1) is 11.4 Å². The van der Waals surface area contributed by atoms with Crippen LogP contribution in [0.1, 0.15) is 15.9 Å². The molecule has 0 spiro atoms. The molecule has 2 rings (SSSR count). The van der Waals surface area contributed by atoms with E-state index in [4.69, 9.17) is 21.8 Å². The third-order valence-electron chi connectivity index (χ3n) is 2.55. The van der Waals surface area contributed by atoms with Gasteiger partial charge in [-0.2, -0.15) is 0 Å². The van der Waals surface area contributed by atoms with Gasteiger partial charge >= 0.3 is 5.63 Å². The summed E-state index contributed by atoms with van der Waals surface area (Å²) in [6, 6.07) is 4.69. The average Bonchev–Trinajstić information content (AvgIpc) is 2.27. The molecule has 0 atom stereocenters. The second kappa shape index (κ2) is 4.22. The summed E-state index contributed by atoms with van der Waals surface area (Å²) >= 11 is 5.51. The number of nitrogen functional groups attached to an aromatic ring is 1. The highest BCUT2D eigenvalue weighted by Gasteiger charge is 2.16. The lowest BCUT2D eigenvalue weighted by Gasteiger charge is -2.07. The van der Waals surface area contributed by atoms with Gasteiger partial charge in [0.2, 0.25) is 0 Å². The van der Waals surface area contributed by atoms with E-state index < -0.39 is 5.63 Å². The van der Waals surface area contributed by atoms with Gasteiger partial charge in [-0.15, -0.1) is 11.6 Å². The summed E-state index contributed by atoms with van der Waals surface area (Å²) in [5, 5.41) is 0.687. The number of halogens is 1. The first-order valence-corrected chi connectivity index (χ1v) is 5.50. The number of hydrogen-bond acceptors (Lipinski definition) is 4. The van der Waals surface area contributed by atoms with E-state index in [1.165, 1.54) is 6.07 Å². The third kappa shape index (κ3) is 1.91. The number of rotatable bonds is 2. The van der Waals surface area contributed by atoms with Gasteiger partial charge in [0.1, 0.15) is 0 Å². The maximum absolute atomic E-state index is 11.7. The molecule has 0 saturated carbocycles. The normalized spacial score (nSPS) is 10.7. The fourth-order valence-electron chi connectivity index (χ4n) is 1.75. The van der Waals surface area contributed by atoms with Crippen molar-refractivity contribution in [3.05, 3.63) is 39.7 Å². The second-order valence-electron chi connectivity index (χ2n) is 3.71. The number of hydrogen-bond donors (Lipinski definition) is 1. The maximum Gasteiger partial charge on any atom is 0.336 e. The van der Waals surface area contributed by atoms with Crippen molar-refractivity contribution in [3.8, 4) is 0 Å². The van der Waals surface area contributed by atoms with Crippen molar-refractivity contribution in [3.63, 3.8) is 0 Å². The Morgan fingerprint density at radius 2 is 2.18 bits per heavy atom. The van der Waals surface area contributed by atoms with Crippen LogP contribution in [0.5, 0.6) is 0 Å². The van der Waals surface area contributed by atoms with E-state index in [1.54, 1.807) is 19.1 Å². The van der Waals surface area contributed by atoms with Gasteiger partial charge in [0, 0.05) is 17.1 Å². The Balaban J connectivity index is 2.94. The Hall–Kier alpha value is -1.81. The Bertz CT molecular complexity index is 661. The highest BCUT2D eigenvalue weighted by Crippen LogP contribution is 2.26. The molecule has 0 radical (unpaired) electrons. The number of nitrogens with two attached hydrogens (primary N) is 1. The smallest absolute Gasteiger partial charge is 0.336 e. The summed E-state index contributed by atoms with van der Waals surface area (Å²) < 4.78 is 5.06. The summed E-state index contributed by atoms with van der Waals surface area (Å²) in [6.45, 7) is 1.77. The van der Waals surface area contributed by atoms with Crippen molar-refractivity contribution in [2.24, 2.45) is 0 Å². The van der Waals surface area contributed by atoms with Crippen LogP contribution >= 0.6 is 11.6 Å². The third-order valence-corrected chi connectivity index (χ3v) is 2.79. The van der Waals surface area contributed by atoms with Crippen molar-refractivity contribution in [2.45, 2.75) is 6.92 Å². The Kier molecular flexibility index (Phi) is 2.90. The molecule has 0 aliphatic rings. The molecule has 0 fully saturated rings. The largest absolute Gasteiger partial charge is 0.422 e. The van der Waals surface area contributed by atoms with Crippen LogP contribution in [-0.4, -0.2) is 11.7 Å². The Morgan fingerprint density at radius 1 is 1.47 bits per heavy atom. The molecule has 2 aromatic rings. The van der Waals surface area contributed by atoms with E-state index in [2.05, 4.69) is 0 Å². The molecule has 1 aromatic carbocycles. The quantitative estimate of drug-likeness (QED) is 0.384. The second-order valence-corrected chi connectivity index (χ2v) is 3.98. The van der Waals surface area contributed by atoms with Crippen LogP contribution in [0.25, 0.3) is 11.0 Å².